The number of urea groups is 4. The molecule has 0 aliphatic carbocycles. The van der Waals surface area contributed by atoms with Crippen molar-refractivity contribution in [2.75, 3.05) is 40.4 Å². The number of aliphatic hydroxyl groups is 6. The molecule has 0 rings (SSSR count). The zero-order chi connectivity index (χ0) is 22.8. The molecular formula is C10H28N8O10. The summed E-state index contributed by atoms with van der Waals surface area (Å²) in [7, 11) is 0. The van der Waals surface area contributed by atoms with E-state index in [9.17, 15) is 19.2 Å². The van der Waals surface area contributed by atoms with Crippen LogP contribution in [-0.4, -0.2) is 95.1 Å². The lowest BCUT2D eigenvalue weighted by Crippen LogP contribution is -2.36. The topological polar surface area (TPSA) is 314 Å². The highest BCUT2D eigenvalue weighted by atomic mass is 16.3. The summed E-state index contributed by atoms with van der Waals surface area (Å²) in [4.78, 5) is 39.3. The van der Waals surface area contributed by atoms with Crippen LogP contribution in [0.15, 0.2) is 0 Å². The monoisotopic (exact) mass is 420 g/mol. The van der Waals surface area contributed by atoms with E-state index in [1.54, 1.807) is 0 Å². The zero-order valence-corrected chi connectivity index (χ0v) is 14.7. The van der Waals surface area contributed by atoms with Gasteiger partial charge in [-0.15, -0.1) is 0 Å². The van der Waals surface area contributed by atoms with Gasteiger partial charge in [0.1, 0.15) is 40.4 Å². The largest absolute Gasteiger partial charge is 0.376 e. The lowest BCUT2D eigenvalue weighted by molar-refractivity contribution is 0.200. The number of hydrogen-bond acceptors (Lipinski definition) is 10. The summed E-state index contributed by atoms with van der Waals surface area (Å²) in [5, 5.41) is 59.5. The summed E-state index contributed by atoms with van der Waals surface area (Å²) in [6.45, 7) is -2.49. The van der Waals surface area contributed by atoms with Crippen LogP contribution in [0.25, 0.3) is 0 Å². The van der Waals surface area contributed by atoms with E-state index in [1.807, 2.05) is 31.9 Å². The third-order valence-electron chi connectivity index (χ3n) is 1.47. The van der Waals surface area contributed by atoms with Crippen LogP contribution >= 0.6 is 0 Å². The molecule has 28 heavy (non-hydrogen) atoms. The van der Waals surface area contributed by atoms with Gasteiger partial charge in [-0.25, -0.2) is 19.2 Å². The first kappa shape index (κ1) is 32.5. The minimum Gasteiger partial charge on any atom is -0.376 e. The maximum Gasteiger partial charge on any atom is 0.318 e. The lowest BCUT2D eigenvalue weighted by Gasteiger charge is -1.98. The molecule has 0 aliphatic rings. The second-order valence-corrected chi connectivity index (χ2v) is 3.40. The van der Waals surface area contributed by atoms with E-state index >= 15 is 0 Å². The number of aliphatic hydroxyl groups excluding tert-OH is 6. The van der Waals surface area contributed by atoms with Gasteiger partial charge in [0.05, 0.1) is 0 Å². The van der Waals surface area contributed by atoms with Crippen molar-refractivity contribution in [3.63, 3.8) is 0 Å². The third-order valence-corrected chi connectivity index (χ3v) is 1.47. The number of nitrogens with two attached hydrogens (primary N) is 2. The molecular weight excluding hydrogens is 392 g/mol. The predicted octanol–water partition coefficient (Wildman–Crippen LogP) is -6.42. The van der Waals surface area contributed by atoms with Gasteiger partial charge >= 0.3 is 24.1 Å². The van der Waals surface area contributed by atoms with Crippen LogP contribution in [-0.2, 0) is 0 Å². The zero-order valence-electron chi connectivity index (χ0n) is 14.7. The van der Waals surface area contributed by atoms with Crippen LogP contribution in [0.1, 0.15) is 0 Å². The van der Waals surface area contributed by atoms with E-state index < -0.39 is 64.5 Å². The summed E-state index contributed by atoms with van der Waals surface area (Å²) < 4.78 is 0. The van der Waals surface area contributed by atoms with Crippen LogP contribution in [0, 0.1) is 0 Å². The number of primary amides is 2. The van der Waals surface area contributed by atoms with Gasteiger partial charge in [-0.3, -0.25) is 0 Å². The fourth-order valence-corrected chi connectivity index (χ4v) is 0.568. The first-order chi connectivity index (χ1) is 13.2. The molecule has 0 atom stereocenters. The van der Waals surface area contributed by atoms with Gasteiger partial charge in [-0.2, -0.15) is 0 Å². The first-order valence-corrected chi connectivity index (χ1v) is 6.91. The Morgan fingerprint density at radius 1 is 0.464 bits per heavy atom. The summed E-state index contributed by atoms with van der Waals surface area (Å²) in [6.07, 6.45) is 0. The molecule has 0 radical (unpaired) electrons. The summed E-state index contributed by atoms with van der Waals surface area (Å²) >= 11 is 0. The van der Waals surface area contributed by atoms with Crippen LogP contribution in [0.2, 0.25) is 0 Å². The SMILES string of the molecule is NC(=O)NCO.NC(=O)NCO.O=C(NCO)NCO.O=C(NCO)NCO. The van der Waals surface area contributed by atoms with Crippen molar-refractivity contribution in [1.82, 2.24) is 31.9 Å². The molecule has 0 aromatic carbocycles. The van der Waals surface area contributed by atoms with Crippen LogP contribution < -0.4 is 43.4 Å². The molecule has 18 heteroatoms. The normalized spacial score (nSPS) is 7.93. The maximum absolute atomic E-state index is 10.1. The highest BCUT2D eigenvalue weighted by molar-refractivity contribution is 5.73. The Hall–Kier alpha value is -3.16. The molecule has 0 saturated heterocycles. The fourth-order valence-electron chi connectivity index (χ4n) is 0.568. The van der Waals surface area contributed by atoms with Crippen LogP contribution in [0.4, 0.5) is 19.2 Å². The molecule has 0 saturated carbocycles. The lowest BCUT2D eigenvalue weighted by atomic mass is 10.9. The first-order valence-electron chi connectivity index (χ1n) is 6.91. The average molecular weight is 420 g/mol. The molecule has 0 bridgehead atoms. The maximum atomic E-state index is 10.1. The Morgan fingerprint density at radius 3 is 0.714 bits per heavy atom. The second kappa shape index (κ2) is 28.6. The van der Waals surface area contributed by atoms with E-state index in [4.69, 9.17) is 30.6 Å². The summed E-state index contributed by atoms with van der Waals surface area (Å²) in [5.74, 6) is 0. The van der Waals surface area contributed by atoms with Crippen LogP contribution in [0.5, 0.6) is 0 Å². The van der Waals surface area contributed by atoms with Crippen molar-refractivity contribution < 1.29 is 49.8 Å². The Labute approximate surface area is 158 Å². The van der Waals surface area contributed by atoms with Gasteiger partial charge in [0.2, 0.25) is 0 Å². The molecule has 16 N–H and O–H groups in total. The van der Waals surface area contributed by atoms with Crippen molar-refractivity contribution in [3.05, 3.63) is 0 Å². The Bertz CT molecular complexity index is 348. The van der Waals surface area contributed by atoms with Gasteiger partial charge in [0.25, 0.3) is 0 Å². The number of hydrogen-bond donors (Lipinski definition) is 14. The third kappa shape index (κ3) is 49.5. The predicted molar refractivity (Wildman–Crippen MR) is 91.3 cm³/mol. The minimum atomic E-state index is -0.711. The number of nitrogens with one attached hydrogen (secondary N) is 6. The quantitative estimate of drug-likeness (QED) is 0.180. The summed E-state index contributed by atoms with van der Waals surface area (Å²) in [6, 6.07) is -2.60. The Kier molecular flexibility index (Phi) is 33.2. The van der Waals surface area contributed by atoms with E-state index in [0.717, 1.165) is 0 Å². The molecule has 0 aromatic rings. The van der Waals surface area contributed by atoms with E-state index in [1.165, 1.54) is 0 Å². The van der Waals surface area contributed by atoms with Crippen LogP contribution in [0.3, 0.4) is 0 Å². The molecule has 0 aromatic heterocycles. The van der Waals surface area contributed by atoms with Gasteiger partial charge in [0, 0.05) is 0 Å². The number of amides is 8. The van der Waals surface area contributed by atoms with E-state index in [-0.39, 0.29) is 0 Å². The molecule has 18 nitrogen and oxygen atoms in total. The second-order valence-electron chi connectivity index (χ2n) is 3.40. The number of carbonyl (C=O) groups is 4. The molecule has 0 spiro atoms. The van der Waals surface area contributed by atoms with E-state index in [0.29, 0.717) is 0 Å². The number of carbonyl (C=O) groups excluding carboxylic acids is 4. The Morgan fingerprint density at radius 2 is 0.643 bits per heavy atom. The average Bonchev–Trinajstić information content (AvgIpc) is 2.57. The van der Waals surface area contributed by atoms with Crippen molar-refractivity contribution in [2.45, 2.75) is 0 Å². The highest BCUT2D eigenvalue weighted by Gasteiger charge is 1.91. The smallest absolute Gasteiger partial charge is 0.318 e. The standard InChI is InChI=1S/2C3H8N2O3.2C2H6N2O2/c2*6-1-4-3(8)5-2-7;2*3-2(6)4-1-5/h2*6-7H,1-2H2,(H2,4,5,8);2*5H,1H2,(H3,3,4,6). The molecule has 8 amide bonds. The van der Waals surface area contributed by atoms with Gasteiger partial charge < -0.3 is 74.0 Å². The number of rotatable bonds is 6. The molecule has 0 aliphatic heterocycles. The highest BCUT2D eigenvalue weighted by Crippen LogP contribution is 1.57. The van der Waals surface area contributed by atoms with Gasteiger partial charge in [-0.1, -0.05) is 0 Å². The van der Waals surface area contributed by atoms with Gasteiger partial charge in [-0.05, 0) is 0 Å². The van der Waals surface area contributed by atoms with Crippen molar-refractivity contribution in [3.8, 4) is 0 Å². The van der Waals surface area contributed by atoms with Gasteiger partial charge in [0.15, 0.2) is 0 Å². The Balaban J connectivity index is -0.000000139. The summed E-state index contributed by atoms with van der Waals surface area (Å²) in [5.41, 5.74) is 8.99. The molecule has 168 valence electrons. The molecule has 0 unspecified atom stereocenters. The molecule has 0 heterocycles. The molecule has 0 fully saturated rings. The minimum absolute atomic E-state index is 0.394. The fraction of sp³-hybridized carbons (Fsp3) is 0.600. The van der Waals surface area contributed by atoms with Crippen molar-refractivity contribution in [2.24, 2.45) is 11.5 Å². The van der Waals surface area contributed by atoms with Crippen molar-refractivity contribution in [1.29, 1.82) is 0 Å². The van der Waals surface area contributed by atoms with Crippen molar-refractivity contribution >= 4 is 24.1 Å². The van der Waals surface area contributed by atoms with E-state index in [2.05, 4.69) is 11.5 Å².